The Bertz CT molecular complexity index is 443. The van der Waals surface area contributed by atoms with Gasteiger partial charge in [-0.3, -0.25) is 4.79 Å². The van der Waals surface area contributed by atoms with Gasteiger partial charge in [0.15, 0.2) is 5.82 Å². The van der Waals surface area contributed by atoms with Crippen LogP contribution < -0.4 is 0 Å². The van der Waals surface area contributed by atoms with E-state index in [-0.39, 0.29) is 12.2 Å². The van der Waals surface area contributed by atoms with Crippen LogP contribution in [-0.2, 0) is 11.2 Å². The molecule has 2 unspecified atom stereocenters. The van der Waals surface area contributed by atoms with Crippen molar-refractivity contribution >= 4 is 5.78 Å². The Labute approximate surface area is 107 Å². The molecule has 2 aliphatic rings. The molecule has 5 heteroatoms. The number of carbonyl (C=O) groups excluding carboxylic acids is 1. The molecule has 2 aliphatic heterocycles. The summed E-state index contributed by atoms with van der Waals surface area (Å²) in [6.07, 6.45) is 5.07. The van der Waals surface area contributed by atoms with Gasteiger partial charge < -0.3 is 9.42 Å². The van der Waals surface area contributed by atoms with Crippen molar-refractivity contribution in [2.75, 3.05) is 7.05 Å². The quantitative estimate of drug-likeness (QED) is 0.813. The normalized spacial score (nSPS) is 31.8. The zero-order valence-electron chi connectivity index (χ0n) is 10.9. The van der Waals surface area contributed by atoms with E-state index in [0.717, 1.165) is 18.7 Å². The summed E-state index contributed by atoms with van der Waals surface area (Å²) in [5.41, 5.74) is 0. The summed E-state index contributed by atoms with van der Waals surface area (Å²) in [6, 6.07) is 1.34. The predicted octanol–water partition coefficient (Wildman–Crippen LogP) is 1.54. The van der Waals surface area contributed by atoms with Crippen LogP contribution in [0.1, 0.15) is 50.2 Å². The number of nitrogens with zero attached hydrogens (tertiary/aromatic N) is 3. The van der Waals surface area contributed by atoms with Crippen LogP contribution in [0.25, 0.3) is 0 Å². The molecule has 2 fully saturated rings. The molecule has 5 nitrogen and oxygen atoms in total. The third-order valence-electron chi connectivity index (χ3n) is 4.35. The molecule has 0 aliphatic carbocycles. The molecule has 18 heavy (non-hydrogen) atoms. The Balaban J connectivity index is 1.72. The van der Waals surface area contributed by atoms with Gasteiger partial charge in [-0.05, 0) is 39.7 Å². The second-order valence-electron chi connectivity index (χ2n) is 5.64. The molecule has 0 N–H and O–H groups in total. The van der Waals surface area contributed by atoms with E-state index in [9.17, 15) is 4.79 Å². The lowest BCUT2D eigenvalue weighted by molar-refractivity contribution is -0.116. The highest BCUT2D eigenvalue weighted by Gasteiger charge is 2.40. The fraction of sp³-hybridized carbons (Fsp3) is 0.769. The van der Waals surface area contributed by atoms with Crippen molar-refractivity contribution in [1.29, 1.82) is 0 Å². The summed E-state index contributed by atoms with van der Waals surface area (Å²) in [5, 5.41) is 4.06. The fourth-order valence-electron chi connectivity index (χ4n) is 3.34. The molecule has 3 rings (SSSR count). The first-order valence-electron chi connectivity index (χ1n) is 6.67. The Kier molecular flexibility index (Phi) is 2.93. The lowest BCUT2D eigenvalue weighted by Gasteiger charge is -2.34. The smallest absolute Gasteiger partial charge is 0.234 e. The number of hydrogen-bond acceptors (Lipinski definition) is 5. The minimum atomic E-state index is 0.0636. The first-order valence-corrected chi connectivity index (χ1v) is 6.67. The Hall–Kier alpha value is -1.23. The molecule has 1 aromatic rings. The highest BCUT2D eigenvalue weighted by Crippen LogP contribution is 2.41. The molecule has 0 aromatic carbocycles. The van der Waals surface area contributed by atoms with Gasteiger partial charge in [0.2, 0.25) is 5.89 Å². The summed E-state index contributed by atoms with van der Waals surface area (Å²) in [5.74, 6) is 1.73. The van der Waals surface area contributed by atoms with Crippen LogP contribution in [-0.4, -0.2) is 40.0 Å². The topological polar surface area (TPSA) is 59.2 Å². The Morgan fingerprint density at radius 3 is 2.67 bits per heavy atom. The highest BCUT2D eigenvalue weighted by atomic mass is 16.5. The van der Waals surface area contributed by atoms with Gasteiger partial charge in [-0.15, -0.1) is 0 Å². The Morgan fingerprint density at radius 2 is 2.06 bits per heavy atom. The van der Waals surface area contributed by atoms with Crippen molar-refractivity contribution in [3.8, 4) is 0 Å². The molecule has 0 saturated carbocycles. The van der Waals surface area contributed by atoms with Gasteiger partial charge in [0, 0.05) is 18.0 Å². The number of aromatic nitrogens is 2. The molecule has 0 amide bonds. The maximum atomic E-state index is 11.0. The standard InChI is InChI=1S/C13H19N3O2/c1-8(17)5-12-14-13(15-18-12)9-6-10-3-4-11(7-9)16(10)2/h9-11H,3-7H2,1-2H3. The molecule has 1 aromatic heterocycles. The maximum absolute atomic E-state index is 11.0. The minimum absolute atomic E-state index is 0.0636. The number of piperidine rings is 1. The minimum Gasteiger partial charge on any atom is -0.339 e. The Morgan fingerprint density at radius 1 is 1.39 bits per heavy atom. The molecule has 2 bridgehead atoms. The van der Waals surface area contributed by atoms with Crippen LogP contribution in [0.2, 0.25) is 0 Å². The molecule has 2 atom stereocenters. The number of Topliss-reactive ketones (excluding diaryl/α,β-unsaturated/α-hetero) is 1. The van der Waals surface area contributed by atoms with E-state index in [1.54, 1.807) is 6.92 Å². The van der Waals surface area contributed by atoms with Crippen LogP contribution >= 0.6 is 0 Å². The van der Waals surface area contributed by atoms with Gasteiger partial charge >= 0.3 is 0 Å². The van der Waals surface area contributed by atoms with Crippen molar-refractivity contribution in [3.63, 3.8) is 0 Å². The molecule has 0 radical (unpaired) electrons. The van der Waals surface area contributed by atoms with Crippen molar-refractivity contribution in [2.45, 2.75) is 57.0 Å². The molecule has 3 heterocycles. The summed E-state index contributed by atoms with van der Waals surface area (Å²) in [6.45, 7) is 1.54. The summed E-state index contributed by atoms with van der Waals surface area (Å²) >= 11 is 0. The van der Waals surface area contributed by atoms with E-state index in [1.807, 2.05) is 0 Å². The third kappa shape index (κ3) is 2.07. The molecule has 98 valence electrons. The molecular formula is C13H19N3O2. The lowest BCUT2D eigenvalue weighted by atomic mass is 9.90. The zero-order valence-corrected chi connectivity index (χ0v) is 10.9. The number of hydrogen-bond donors (Lipinski definition) is 0. The van der Waals surface area contributed by atoms with Gasteiger partial charge in [0.1, 0.15) is 5.78 Å². The number of ketones is 1. The lowest BCUT2D eigenvalue weighted by Crippen LogP contribution is -2.39. The average Bonchev–Trinajstić information content (AvgIpc) is 2.81. The predicted molar refractivity (Wildman–Crippen MR) is 65.2 cm³/mol. The largest absolute Gasteiger partial charge is 0.339 e. The first-order chi connectivity index (χ1) is 8.63. The second-order valence-corrected chi connectivity index (χ2v) is 5.64. The van der Waals surface area contributed by atoms with Crippen LogP contribution in [0.5, 0.6) is 0 Å². The van der Waals surface area contributed by atoms with Gasteiger partial charge in [-0.1, -0.05) is 5.16 Å². The van der Waals surface area contributed by atoms with E-state index in [1.165, 1.54) is 12.8 Å². The first kappa shape index (κ1) is 11.8. The molecule has 0 spiro atoms. The number of fused-ring (bicyclic) bond motifs is 2. The van der Waals surface area contributed by atoms with E-state index < -0.39 is 0 Å². The van der Waals surface area contributed by atoms with Gasteiger partial charge in [0.05, 0.1) is 6.42 Å². The summed E-state index contributed by atoms with van der Waals surface area (Å²) < 4.78 is 5.15. The van der Waals surface area contributed by atoms with Crippen molar-refractivity contribution in [2.24, 2.45) is 0 Å². The fourth-order valence-corrected chi connectivity index (χ4v) is 3.34. The van der Waals surface area contributed by atoms with Crippen LogP contribution in [0.3, 0.4) is 0 Å². The average molecular weight is 249 g/mol. The van der Waals surface area contributed by atoms with E-state index >= 15 is 0 Å². The van der Waals surface area contributed by atoms with E-state index in [2.05, 4.69) is 22.1 Å². The van der Waals surface area contributed by atoms with Gasteiger partial charge in [-0.25, -0.2) is 0 Å². The SMILES string of the molecule is CC(=O)Cc1nc(C2CC3CCC(C2)N3C)no1. The van der Waals surface area contributed by atoms with Crippen LogP contribution in [0.15, 0.2) is 4.52 Å². The number of carbonyl (C=O) groups is 1. The maximum Gasteiger partial charge on any atom is 0.234 e. The zero-order chi connectivity index (χ0) is 12.7. The molecular weight excluding hydrogens is 230 g/mol. The van der Waals surface area contributed by atoms with Gasteiger partial charge in [0.25, 0.3) is 0 Å². The molecule has 2 saturated heterocycles. The monoisotopic (exact) mass is 249 g/mol. The highest BCUT2D eigenvalue weighted by molar-refractivity contribution is 5.77. The second kappa shape index (κ2) is 4.46. The number of rotatable bonds is 3. The van der Waals surface area contributed by atoms with Crippen LogP contribution in [0.4, 0.5) is 0 Å². The summed E-state index contributed by atoms with van der Waals surface area (Å²) in [7, 11) is 2.22. The van der Waals surface area contributed by atoms with Crippen LogP contribution in [0, 0.1) is 0 Å². The van der Waals surface area contributed by atoms with Crippen molar-refractivity contribution in [3.05, 3.63) is 11.7 Å². The van der Waals surface area contributed by atoms with Crippen molar-refractivity contribution in [1.82, 2.24) is 15.0 Å². The van der Waals surface area contributed by atoms with Gasteiger partial charge in [-0.2, -0.15) is 4.98 Å². The third-order valence-corrected chi connectivity index (χ3v) is 4.35. The van der Waals surface area contributed by atoms with E-state index in [0.29, 0.717) is 23.9 Å². The summed E-state index contributed by atoms with van der Waals surface area (Å²) in [4.78, 5) is 17.9. The van der Waals surface area contributed by atoms with E-state index in [4.69, 9.17) is 4.52 Å². The van der Waals surface area contributed by atoms with Crippen molar-refractivity contribution < 1.29 is 9.32 Å².